The first-order valence-corrected chi connectivity index (χ1v) is 22.9. The fraction of sp³-hybridized carbons (Fsp3) is 0.302. The molecular formula is C53H46BN3S. The highest BCUT2D eigenvalue weighted by Gasteiger charge is 2.51. The van der Waals surface area contributed by atoms with Crippen molar-refractivity contribution in [1.29, 1.82) is 5.26 Å². The molecule has 14 rings (SSSR count). The third-order valence-electron chi connectivity index (χ3n) is 15.6. The summed E-state index contributed by atoms with van der Waals surface area (Å²) in [6.07, 6.45) is 15.2. The molecule has 7 aromatic rings. The van der Waals surface area contributed by atoms with Gasteiger partial charge in [-0.15, -0.1) is 0 Å². The number of nitriles is 1. The summed E-state index contributed by atoms with van der Waals surface area (Å²) < 4.78 is 2.61. The SMILES string of the molecule is N#Cc1ccccc1N1c2ccc(-n3c4ccc(C56CC7CC(CC(C7)C5)C6)cc4c4ccc(C5CCCCC5)cc43)cc2B2c3ccccc3Sc3cccc1c32. The Kier molecular flexibility index (Phi) is 7.37. The molecule has 2 aliphatic heterocycles. The lowest BCUT2D eigenvalue weighted by Gasteiger charge is -2.57. The Morgan fingerprint density at radius 3 is 2.21 bits per heavy atom. The molecule has 0 spiro atoms. The number of hydrogen-bond donors (Lipinski definition) is 0. The summed E-state index contributed by atoms with van der Waals surface area (Å²) in [7, 11) is 0. The van der Waals surface area contributed by atoms with Crippen LogP contribution in [-0.4, -0.2) is 11.3 Å². The Morgan fingerprint density at radius 1 is 0.621 bits per heavy atom. The maximum atomic E-state index is 10.4. The van der Waals surface area contributed by atoms with E-state index in [0.29, 0.717) is 16.9 Å². The van der Waals surface area contributed by atoms with Gasteiger partial charge in [-0.3, -0.25) is 0 Å². The highest BCUT2D eigenvalue weighted by atomic mass is 32.2. The van der Waals surface area contributed by atoms with Gasteiger partial charge in [0.15, 0.2) is 0 Å². The summed E-state index contributed by atoms with van der Waals surface area (Å²) in [6.45, 7) is 0.0812. The van der Waals surface area contributed by atoms with Crippen LogP contribution >= 0.6 is 11.8 Å². The fourth-order valence-corrected chi connectivity index (χ4v) is 14.8. The van der Waals surface area contributed by atoms with Gasteiger partial charge in [0.1, 0.15) is 6.07 Å². The molecule has 3 heterocycles. The van der Waals surface area contributed by atoms with Crippen LogP contribution in [0.4, 0.5) is 17.1 Å². The molecule has 5 saturated carbocycles. The lowest BCUT2D eigenvalue weighted by molar-refractivity contribution is -0.00512. The average molecular weight is 768 g/mol. The second-order valence-corrected chi connectivity index (χ2v) is 19.9. The fourth-order valence-electron chi connectivity index (χ4n) is 13.6. The van der Waals surface area contributed by atoms with Crippen molar-refractivity contribution in [1.82, 2.24) is 4.57 Å². The number of anilines is 3. The molecule has 5 fully saturated rings. The second kappa shape index (κ2) is 12.7. The van der Waals surface area contributed by atoms with E-state index in [9.17, 15) is 5.26 Å². The molecule has 7 aliphatic rings. The van der Waals surface area contributed by atoms with Gasteiger partial charge in [-0.2, -0.15) is 5.26 Å². The zero-order valence-electron chi connectivity index (χ0n) is 33.0. The number of aromatic nitrogens is 1. The van der Waals surface area contributed by atoms with Gasteiger partial charge in [0.2, 0.25) is 6.71 Å². The molecule has 3 nitrogen and oxygen atoms in total. The van der Waals surface area contributed by atoms with E-state index in [1.807, 2.05) is 23.9 Å². The number of nitrogens with zero attached hydrogens (tertiary/aromatic N) is 3. The highest BCUT2D eigenvalue weighted by molar-refractivity contribution is 8.00. The quantitative estimate of drug-likeness (QED) is 0.167. The molecule has 4 bridgehead atoms. The molecule has 0 radical (unpaired) electrons. The van der Waals surface area contributed by atoms with Crippen molar-refractivity contribution >= 4 is 73.7 Å². The predicted octanol–water partition coefficient (Wildman–Crippen LogP) is 11.9. The van der Waals surface area contributed by atoms with Crippen LogP contribution in [0.5, 0.6) is 0 Å². The molecule has 0 N–H and O–H groups in total. The first-order chi connectivity index (χ1) is 28.6. The Bertz CT molecular complexity index is 2860. The molecule has 0 unspecified atom stereocenters. The maximum absolute atomic E-state index is 10.4. The van der Waals surface area contributed by atoms with Gasteiger partial charge in [0.25, 0.3) is 0 Å². The largest absolute Gasteiger partial charge is 0.310 e. The molecule has 6 aromatic carbocycles. The Labute approximate surface area is 346 Å². The van der Waals surface area contributed by atoms with E-state index in [1.54, 1.807) is 5.56 Å². The van der Waals surface area contributed by atoms with Crippen molar-refractivity contribution in [3.05, 3.63) is 138 Å². The average Bonchev–Trinajstić information content (AvgIpc) is 3.59. The summed E-state index contributed by atoms with van der Waals surface area (Å²) in [4.78, 5) is 4.99. The van der Waals surface area contributed by atoms with E-state index in [0.717, 1.165) is 29.1 Å². The zero-order valence-corrected chi connectivity index (χ0v) is 33.8. The molecule has 5 aliphatic carbocycles. The zero-order chi connectivity index (χ0) is 38.1. The van der Waals surface area contributed by atoms with Crippen molar-refractivity contribution < 1.29 is 0 Å². The summed E-state index contributed by atoms with van der Waals surface area (Å²) in [5.41, 5.74) is 15.3. The van der Waals surface area contributed by atoms with E-state index < -0.39 is 0 Å². The summed E-state index contributed by atoms with van der Waals surface area (Å²) in [5.74, 6) is 3.40. The van der Waals surface area contributed by atoms with E-state index in [2.05, 4.69) is 125 Å². The third-order valence-corrected chi connectivity index (χ3v) is 16.8. The van der Waals surface area contributed by atoms with Crippen molar-refractivity contribution in [2.45, 2.75) is 91.8 Å². The van der Waals surface area contributed by atoms with Crippen molar-refractivity contribution in [2.24, 2.45) is 17.8 Å². The topological polar surface area (TPSA) is 32.0 Å². The monoisotopic (exact) mass is 767 g/mol. The van der Waals surface area contributed by atoms with E-state index >= 15 is 0 Å². The molecular weight excluding hydrogens is 721 g/mol. The molecule has 282 valence electrons. The van der Waals surface area contributed by atoms with Gasteiger partial charge >= 0.3 is 0 Å². The van der Waals surface area contributed by atoms with Crippen LogP contribution < -0.4 is 21.3 Å². The van der Waals surface area contributed by atoms with Crippen molar-refractivity contribution in [3.63, 3.8) is 0 Å². The second-order valence-electron chi connectivity index (χ2n) is 18.8. The first-order valence-electron chi connectivity index (χ1n) is 22.0. The minimum absolute atomic E-state index is 0.0812. The predicted molar refractivity (Wildman–Crippen MR) is 241 cm³/mol. The summed E-state index contributed by atoms with van der Waals surface area (Å²) in [5, 5.41) is 13.2. The van der Waals surface area contributed by atoms with Crippen LogP contribution in [0.1, 0.15) is 93.2 Å². The van der Waals surface area contributed by atoms with Crippen LogP contribution in [0.3, 0.4) is 0 Å². The Balaban J connectivity index is 1.05. The lowest BCUT2D eigenvalue weighted by Crippen LogP contribution is -2.59. The molecule has 58 heavy (non-hydrogen) atoms. The normalized spacial score (nSPS) is 24.2. The molecule has 0 amide bonds. The van der Waals surface area contributed by atoms with Crippen LogP contribution in [0.15, 0.2) is 131 Å². The van der Waals surface area contributed by atoms with E-state index in [1.165, 1.54) is 136 Å². The van der Waals surface area contributed by atoms with Crippen LogP contribution in [-0.2, 0) is 5.41 Å². The minimum Gasteiger partial charge on any atom is -0.310 e. The first kappa shape index (κ1) is 33.8. The van der Waals surface area contributed by atoms with Crippen LogP contribution in [0.25, 0.3) is 27.5 Å². The Morgan fingerprint density at radius 2 is 1.38 bits per heavy atom. The number of benzene rings is 6. The summed E-state index contributed by atoms with van der Waals surface area (Å²) in [6, 6.07) is 48.8. The highest BCUT2D eigenvalue weighted by Crippen LogP contribution is 2.61. The third kappa shape index (κ3) is 4.88. The van der Waals surface area contributed by atoms with Gasteiger partial charge in [-0.1, -0.05) is 91.1 Å². The van der Waals surface area contributed by atoms with Gasteiger partial charge < -0.3 is 9.47 Å². The number of fused-ring (bicyclic) bond motifs is 7. The van der Waals surface area contributed by atoms with Crippen LogP contribution in [0.2, 0.25) is 0 Å². The molecule has 0 saturated heterocycles. The minimum atomic E-state index is 0.0812. The Hall–Kier alpha value is -5.18. The van der Waals surface area contributed by atoms with Gasteiger partial charge in [0, 0.05) is 37.6 Å². The van der Waals surface area contributed by atoms with Crippen molar-refractivity contribution in [3.8, 4) is 11.8 Å². The van der Waals surface area contributed by atoms with Gasteiger partial charge in [-0.05, 0) is 169 Å². The van der Waals surface area contributed by atoms with E-state index in [4.69, 9.17) is 0 Å². The number of rotatable bonds is 4. The molecule has 0 atom stereocenters. The van der Waals surface area contributed by atoms with Gasteiger partial charge in [-0.25, -0.2) is 0 Å². The van der Waals surface area contributed by atoms with Crippen LogP contribution in [0, 0.1) is 29.1 Å². The van der Waals surface area contributed by atoms with Gasteiger partial charge in [0.05, 0.1) is 22.3 Å². The van der Waals surface area contributed by atoms with Crippen molar-refractivity contribution in [2.75, 3.05) is 4.90 Å². The smallest absolute Gasteiger partial charge is 0.249 e. The summed E-state index contributed by atoms with van der Waals surface area (Å²) >= 11 is 1.88. The maximum Gasteiger partial charge on any atom is 0.249 e. The van der Waals surface area contributed by atoms with E-state index in [-0.39, 0.29) is 6.71 Å². The molecule has 5 heteroatoms. The lowest BCUT2D eigenvalue weighted by atomic mass is 9.35. The molecule has 1 aromatic heterocycles. The number of para-hydroxylation sites is 1. The standard InChI is InChI=1S/C53H46BN3S/c55-32-38-11-4-6-13-45(38)57-47-22-19-40(28-44(47)54-43-12-5-7-15-50(43)58-51-16-8-14-48(57)52(51)54)56-46-21-18-39(53-29-33-23-34(30-53)25-35(24-33)31-53)27-42(46)41-20-17-37(26-49(41)56)36-9-2-1-3-10-36/h4-8,11-22,26-28,33-36H,1-3,9-10,23-25,29-31H2. The number of hydrogen-bond acceptors (Lipinski definition) is 3.